The molecule has 2 heteroatoms. The molecular formula is C15H11NO. The Morgan fingerprint density at radius 2 is 1.59 bits per heavy atom. The molecule has 2 nitrogen and oxygen atoms in total. The Morgan fingerprint density at radius 1 is 0.824 bits per heavy atom. The van der Waals surface area contributed by atoms with Crippen molar-refractivity contribution in [3.8, 4) is 0 Å². The van der Waals surface area contributed by atoms with Gasteiger partial charge in [0.2, 0.25) is 5.78 Å². The average Bonchev–Trinajstić information content (AvgIpc) is 2.83. The Kier molecular flexibility index (Phi) is 2.26. The van der Waals surface area contributed by atoms with Crippen molar-refractivity contribution in [1.29, 1.82) is 0 Å². The summed E-state index contributed by atoms with van der Waals surface area (Å²) in [5, 5.41) is 0. The number of aromatic nitrogens is 1. The molecule has 17 heavy (non-hydrogen) atoms. The van der Waals surface area contributed by atoms with Crippen molar-refractivity contribution >= 4 is 11.3 Å². The first kappa shape index (κ1) is 9.85. The Morgan fingerprint density at radius 3 is 2.41 bits per heavy atom. The number of carbonyl (C=O) groups is 1. The quantitative estimate of drug-likeness (QED) is 0.609. The fourth-order valence-electron chi connectivity index (χ4n) is 1.98. The molecule has 1 aromatic carbocycles. The molecule has 0 saturated carbocycles. The van der Waals surface area contributed by atoms with E-state index in [2.05, 4.69) is 0 Å². The van der Waals surface area contributed by atoms with Gasteiger partial charge in [-0.15, -0.1) is 0 Å². The molecular weight excluding hydrogens is 210 g/mol. The van der Waals surface area contributed by atoms with Crippen LogP contribution in [0.15, 0.2) is 66.9 Å². The summed E-state index contributed by atoms with van der Waals surface area (Å²) in [5.74, 6) is 0.0526. The highest BCUT2D eigenvalue weighted by molar-refractivity contribution is 6.08. The normalized spacial score (nSPS) is 10.6. The third kappa shape index (κ3) is 1.64. The highest BCUT2D eigenvalue weighted by Gasteiger charge is 2.11. The second kappa shape index (κ2) is 3.91. The van der Waals surface area contributed by atoms with Crippen molar-refractivity contribution in [2.45, 2.75) is 0 Å². The summed E-state index contributed by atoms with van der Waals surface area (Å²) < 4.78 is 1.91. The van der Waals surface area contributed by atoms with Gasteiger partial charge in [-0.25, -0.2) is 0 Å². The van der Waals surface area contributed by atoms with Crippen LogP contribution in [0.5, 0.6) is 0 Å². The van der Waals surface area contributed by atoms with Crippen LogP contribution >= 0.6 is 0 Å². The molecule has 0 radical (unpaired) electrons. The van der Waals surface area contributed by atoms with E-state index >= 15 is 0 Å². The van der Waals surface area contributed by atoms with Crippen LogP contribution in [0.4, 0.5) is 0 Å². The summed E-state index contributed by atoms with van der Waals surface area (Å²) in [6.07, 6.45) is 1.91. The zero-order valence-electron chi connectivity index (χ0n) is 9.21. The van der Waals surface area contributed by atoms with Crippen molar-refractivity contribution in [3.63, 3.8) is 0 Å². The molecule has 0 aliphatic carbocycles. The summed E-state index contributed by atoms with van der Waals surface area (Å²) in [5.41, 5.74) is 2.45. The molecule has 0 aliphatic rings. The van der Waals surface area contributed by atoms with E-state index in [1.807, 2.05) is 71.3 Å². The zero-order valence-corrected chi connectivity index (χ0v) is 9.21. The molecule has 0 bridgehead atoms. The summed E-state index contributed by atoms with van der Waals surface area (Å²) >= 11 is 0. The Labute approximate surface area is 99.1 Å². The lowest BCUT2D eigenvalue weighted by atomic mass is 10.1. The Balaban J connectivity index is 2.14. The summed E-state index contributed by atoms with van der Waals surface area (Å²) in [4.78, 5) is 12.3. The van der Waals surface area contributed by atoms with E-state index in [1.165, 1.54) is 0 Å². The summed E-state index contributed by atoms with van der Waals surface area (Å²) in [6.45, 7) is 0. The van der Waals surface area contributed by atoms with Crippen LogP contribution in [-0.2, 0) is 0 Å². The Bertz CT molecular complexity index is 667. The van der Waals surface area contributed by atoms with Gasteiger partial charge < -0.3 is 4.40 Å². The molecule has 0 spiro atoms. The molecule has 0 fully saturated rings. The maximum absolute atomic E-state index is 12.3. The molecule has 3 rings (SSSR count). The first-order valence-corrected chi connectivity index (χ1v) is 5.52. The number of carbonyl (C=O) groups excluding carboxylic acids is 1. The van der Waals surface area contributed by atoms with Gasteiger partial charge in [-0.2, -0.15) is 0 Å². The lowest BCUT2D eigenvalue weighted by Gasteiger charge is -2.01. The van der Waals surface area contributed by atoms with E-state index in [0.29, 0.717) is 5.69 Å². The lowest BCUT2D eigenvalue weighted by Crippen LogP contribution is -2.04. The van der Waals surface area contributed by atoms with Crippen LogP contribution in [-0.4, -0.2) is 10.2 Å². The number of rotatable bonds is 2. The number of fused-ring (bicyclic) bond motifs is 1. The van der Waals surface area contributed by atoms with Crippen molar-refractivity contribution in [3.05, 3.63) is 78.1 Å². The van der Waals surface area contributed by atoms with E-state index in [-0.39, 0.29) is 5.78 Å². The second-order valence-electron chi connectivity index (χ2n) is 3.91. The van der Waals surface area contributed by atoms with Crippen molar-refractivity contribution in [1.82, 2.24) is 4.40 Å². The molecule has 0 amide bonds. The largest absolute Gasteiger partial charge is 0.314 e. The van der Waals surface area contributed by atoms with Gasteiger partial charge in [-0.1, -0.05) is 36.4 Å². The third-order valence-corrected chi connectivity index (χ3v) is 2.83. The smallest absolute Gasteiger partial charge is 0.209 e. The van der Waals surface area contributed by atoms with E-state index in [4.69, 9.17) is 0 Å². The summed E-state index contributed by atoms with van der Waals surface area (Å²) in [7, 11) is 0. The molecule has 0 N–H and O–H groups in total. The zero-order chi connectivity index (χ0) is 11.7. The first-order chi connectivity index (χ1) is 8.36. The topological polar surface area (TPSA) is 21.5 Å². The average molecular weight is 221 g/mol. The van der Waals surface area contributed by atoms with Gasteiger partial charge in [0.05, 0.1) is 5.69 Å². The number of hydrogen-bond acceptors (Lipinski definition) is 1. The third-order valence-electron chi connectivity index (χ3n) is 2.83. The van der Waals surface area contributed by atoms with E-state index in [0.717, 1.165) is 11.1 Å². The predicted octanol–water partition coefficient (Wildman–Crippen LogP) is 3.17. The minimum Gasteiger partial charge on any atom is -0.314 e. The second-order valence-corrected chi connectivity index (χ2v) is 3.91. The fourth-order valence-corrected chi connectivity index (χ4v) is 1.98. The number of pyridine rings is 1. The van der Waals surface area contributed by atoms with Gasteiger partial charge in [-0.05, 0) is 24.3 Å². The highest BCUT2D eigenvalue weighted by Crippen LogP contribution is 2.14. The number of hydrogen-bond donors (Lipinski definition) is 0. The van der Waals surface area contributed by atoms with Gasteiger partial charge in [0.25, 0.3) is 0 Å². The van der Waals surface area contributed by atoms with Crippen molar-refractivity contribution < 1.29 is 4.79 Å². The minimum atomic E-state index is 0.0526. The van der Waals surface area contributed by atoms with Crippen LogP contribution < -0.4 is 0 Å². The molecule has 0 saturated heterocycles. The van der Waals surface area contributed by atoms with Crippen LogP contribution in [0.3, 0.4) is 0 Å². The first-order valence-electron chi connectivity index (χ1n) is 5.52. The number of ketones is 1. The molecule has 0 aliphatic heterocycles. The van der Waals surface area contributed by atoms with E-state index in [9.17, 15) is 4.79 Å². The summed E-state index contributed by atoms with van der Waals surface area (Å²) in [6, 6.07) is 19.0. The van der Waals surface area contributed by atoms with Crippen LogP contribution in [0.1, 0.15) is 16.1 Å². The van der Waals surface area contributed by atoms with Gasteiger partial charge in [0, 0.05) is 17.3 Å². The van der Waals surface area contributed by atoms with E-state index < -0.39 is 0 Å². The SMILES string of the molecule is O=C(c1ccccc1)c1ccc2ccccn12. The molecule has 2 heterocycles. The highest BCUT2D eigenvalue weighted by atomic mass is 16.1. The van der Waals surface area contributed by atoms with Gasteiger partial charge >= 0.3 is 0 Å². The van der Waals surface area contributed by atoms with Gasteiger partial charge in [-0.3, -0.25) is 4.79 Å². The minimum absolute atomic E-state index is 0.0526. The van der Waals surface area contributed by atoms with Crippen LogP contribution in [0.25, 0.3) is 5.52 Å². The number of benzene rings is 1. The van der Waals surface area contributed by atoms with Gasteiger partial charge in [0.15, 0.2) is 0 Å². The molecule has 2 aromatic heterocycles. The predicted molar refractivity (Wildman–Crippen MR) is 67.3 cm³/mol. The maximum Gasteiger partial charge on any atom is 0.209 e. The Hall–Kier alpha value is -2.35. The molecule has 0 atom stereocenters. The number of nitrogens with zero attached hydrogens (tertiary/aromatic N) is 1. The van der Waals surface area contributed by atoms with Crippen LogP contribution in [0, 0.1) is 0 Å². The molecule has 82 valence electrons. The monoisotopic (exact) mass is 221 g/mol. The van der Waals surface area contributed by atoms with Crippen molar-refractivity contribution in [2.75, 3.05) is 0 Å². The van der Waals surface area contributed by atoms with Crippen LogP contribution in [0.2, 0.25) is 0 Å². The lowest BCUT2D eigenvalue weighted by molar-refractivity contribution is 0.103. The fraction of sp³-hybridized carbons (Fsp3) is 0. The standard InChI is InChI=1S/C15H11NO/c17-15(12-6-2-1-3-7-12)14-10-9-13-8-4-5-11-16(13)14/h1-11H. The van der Waals surface area contributed by atoms with Gasteiger partial charge in [0.1, 0.15) is 0 Å². The maximum atomic E-state index is 12.3. The van der Waals surface area contributed by atoms with Crippen molar-refractivity contribution in [2.24, 2.45) is 0 Å². The molecule has 0 unspecified atom stereocenters. The van der Waals surface area contributed by atoms with E-state index in [1.54, 1.807) is 0 Å². The molecule has 3 aromatic rings.